The van der Waals surface area contributed by atoms with Gasteiger partial charge in [-0.2, -0.15) is 0 Å². The van der Waals surface area contributed by atoms with Crippen LogP contribution in [0.25, 0.3) is 0 Å². The Morgan fingerprint density at radius 2 is 2.00 bits per heavy atom. The summed E-state index contributed by atoms with van der Waals surface area (Å²) in [6, 6.07) is 0. The van der Waals surface area contributed by atoms with Crippen LogP contribution in [0, 0.1) is 23.2 Å². The average molecular weight is 258 g/mol. The van der Waals surface area contributed by atoms with Crippen molar-refractivity contribution >= 4 is 17.5 Å². The van der Waals surface area contributed by atoms with E-state index in [9.17, 15) is 4.79 Å². The molecule has 1 amide bonds. The SMILES string of the molecule is CC(C)(CCCCl)CNC(=O)C1C2CCCC21. The van der Waals surface area contributed by atoms with Crippen molar-refractivity contribution in [2.75, 3.05) is 12.4 Å². The molecule has 0 saturated heterocycles. The van der Waals surface area contributed by atoms with Crippen LogP contribution in [0.4, 0.5) is 0 Å². The normalized spacial score (nSPS) is 31.1. The van der Waals surface area contributed by atoms with Crippen LogP contribution < -0.4 is 5.32 Å². The van der Waals surface area contributed by atoms with Crippen LogP contribution in [0.1, 0.15) is 46.0 Å². The second kappa shape index (κ2) is 5.17. The third kappa shape index (κ3) is 3.15. The molecule has 2 fully saturated rings. The summed E-state index contributed by atoms with van der Waals surface area (Å²) in [6.07, 6.45) is 5.99. The average Bonchev–Trinajstić information content (AvgIpc) is 2.77. The molecular formula is C14H24ClNO. The molecule has 98 valence electrons. The number of alkyl halides is 1. The summed E-state index contributed by atoms with van der Waals surface area (Å²) >= 11 is 5.71. The molecule has 1 N–H and O–H groups in total. The molecule has 0 spiro atoms. The largest absolute Gasteiger partial charge is 0.355 e. The molecule has 0 aliphatic heterocycles. The van der Waals surface area contributed by atoms with Crippen LogP contribution in [0.3, 0.4) is 0 Å². The number of carbonyl (C=O) groups excluding carboxylic acids is 1. The summed E-state index contributed by atoms with van der Waals surface area (Å²) in [6.45, 7) is 5.19. The maximum Gasteiger partial charge on any atom is 0.223 e. The van der Waals surface area contributed by atoms with Gasteiger partial charge in [-0.15, -0.1) is 11.6 Å². The molecule has 2 saturated carbocycles. The van der Waals surface area contributed by atoms with E-state index in [0.717, 1.165) is 31.2 Å². The highest BCUT2D eigenvalue weighted by Crippen LogP contribution is 2.57. The monoisotopic (exact) mass is 257 g/mol. The molecule has 17 heavy (non-hydrogen) atoms. The van der Waals surface area contributed by atoms with Crippen LogP contribution in [0.15, 0.2) is 0 Å². The Hall–Kier alpha value is -0.240. The fourth-order valence-corrected chi connectivity index (χ4v) is 3.42. The Labute approximate surface area is 109 Å². The molecule has 2 unspecified atom stereocenters. The fraction of sp³-hybridized carbons (Fsp3) is 0.929. The van der Waals surface area contributed by atoms with E-state index in [2.05, 4.69) is 19.2 Å². The number of carbonyl (C=O) groups is 1. The van der Waals surface area contributed by atoms with Gasteiger partial charge in [-0.1, -0.05) is 20.3 Å². The zero-order valence-corrected chi connectivity index (χ0v) is 11.7. The molecule has 0 radical (unpaired) electrons. The quantitative estimate of drug-likeness (QED) is 0.728. The number of nitrogens with one attached hydrogen (secondary N) is 1. The van der Waals surface area contributed by atoms with Gasteiger partial charge in [0, 0.05) is 18.3 Å². The van der Waals surface area contributed by atoms with Gasteiger partial charge >= 0.3 is 0 Å². The Morgan fingerprint density at radius 3 is 2.59 bits per heavy atom. The van der Waals surface area contributed by atoms with Crippen molar-refractivity contribution in [3.8, 4) is 0 Å². The molecule has 2 atom stereocenters. The van der Waals surface area contributed by atoms with Crippen molar-refractivity contribution in [1.29, 1.82) is 0 Å². The Bertz CT molecular complexity index is 280. The van der Waals surface area contributed by atoms with Crippen LogP contribution >= 0.6 is 11.6 Å². The molecule has 0 aromatic heterocycles. The lowest BCUT2D eigenvalue weighted by Gasteiger charge is -2.24. The van der Waals surface area contributed by atoms with Crippen LogP contribution in [0.2, 0.25) is 0 Å². The fourth-order valence-electron chi connectivity index (χ4n) is 3.29. The van der Waals surface area contributed by atoms with Gasteiger partial charge in [-0.05, 0) is 42.9 Å². The third-order valence-electron chi connectivity index (χ3n) is 4.44. The number of hydrogen-bond donors (Lipinski definition) is 1. The van der Waals surface area contributed by atoms with E-state index in [1.807, 2.05) is 0 Å². The van der Waals surface area contributed by atoms with E-state index < -0.39 is 0 Å². The van der Waals surface area contributed by atoms with Crippen LogP contribution in [-0.4, -0.2) is 18.3 Å². The second-order valence-corrected chi connectivity index (χ2v) is 6.84. The highest BCUT2D eigenvalue weighted by molar-refractivity contribution is 6.17. The summed E-state index contributed by atoms with van der Waals surface area (Å²) in [5, 5.41) is 3.14. The van der Waals surface area contributed by atoms with Gasteiger partial charge in [0.2, 0.25) is 5.91 Å². The lowest BCUT2D eigenvalue weighted by Crippen LogP contribution is -2.35. The predicted octanol–water partition coefficient (Wildman–Crippen LogP) is 3.19. The van der Waals surface area contributed by atoms with E-state index in [1.165, 1.54) is 19.3 Å². The molecule has 2 nitrogen and oxygen atoms in total. The number of fused-ring (bicyclic) bond motifs is 1. The van der Waals surface area contributed by atoms with E-state index in [0.29, 0.717) is 17.7 Å². The van der Waals surface area contributed by atoms with Crippen LogP contribution in [0.5, 0.6) is 0 Å². The van der Waals surface area contributed by atoms with E-state index >= 15 is 0 Å². The summed E-state index contributed by atoms with van der Waals surface area (Å²) in [7, 11) is 0. The zero-order valence-electron chi connectivity index (χ0n) is 11.0. The van der Waals surface area contributed by atoms with Crippen LogP contribution in [-0.2, 0) is 4.79 Å². The van der Waals surface area contributed by atoms with Gasteiger partial charge in [-0.3, -0.25) is 4.79 Å². The first-order valence-corrected chi connectivity index (χ1v) is 7.42. The minimum absolute atomic E-state index is 0.175. The molecule has 0 aromatic carbocycles. The van der Waals surface area contributed by atoms with Gasteiger partial charge in [0.05, 0.1) is 0 Å². The highest BCUT2D eigenvalue weighted by Gasteiger charge is 2.56. The summed E-state index contributed by atoms with van der Waals surface area (Å²) in [5.41, 5.74) is 0.175. The Kier molecular flexibility index (Phi) is 4.02. The standard InChI is InChI=1S/C14H24ClNO/c1-14(2,7-4-8-15)9-16-13(17)12-10-5-3-6-11(10)12/h10-12H,3-9H2,1-2H3,(H,16,17). The van der Waals surface area contributed by atoms with Crippen molar-refractivity contribution in [3.05, 3.63) is 0 Å². The molecule has 0 heterocycles. The lowest BCUT2D eigenvalue weighted by atomic mass is 9.88. The summed E-state index contributed by atoms with van der Waals surface area (Å²) in [5.74, 6) is 2.82. The van der Waals surface area contributed by atoms with E-state index in [-0.39, 0.29) is 5.41 Å². The summed E-state index contributed by atoms with van der Waals surface area (Å²) in [4.78, 5) is 12.0. The third-order valence-corrected chi connectivity index (χ3v) is 4.70. The molecule has 2 aliphatic rings. The zero-order chi connectivity index (χ0) is 12.5. The number of amides is 1. The molecule has 2 rings (SSSR count). The van der Waals surface area contributed by atoms with E-state index in [4.69, 9.17) is 11.6 Å². The maximum absolute atomic E-state index is 12.0. The predicted molar refractivity (Wildman–Crippen MR) is 71.1 cm³/mol. The lowest BCUT2D eigenvalue weighted by molar-refractivity contribution is -0.123. The van der Waals surface area contributed by atoms with Crippen molar-refractivity contribution in [2.24, 2.45) is 23.2 Å². The van der Waals surface area contributed by atoms with Gasteiger partial charge in [0.1, 0.15) is 0 Å². The maximum atomic E-state index is 12.0. The van der Waals surface area contributed by atoms with Crippen molar-refractivity contribution in [3.63, 3.8) is 0 Å². The van der Waals surface area contributed by atoms with Crippen molar-refractivity contribution in [1.82, 2.24) is 5.32 Å². The molecule has 0 bridgehead atoms. The first kappa shape index (κ1) is 13.2. The molecule has 0 aromatic rings. The molecule has 3 heteroatoms. The Morgan fingerprint density at radius 1 is 1.35 bits per heavy atom. The molecular weight excluding hydrogens is 234 g/mol. The van der Waals surface area contributed by atoms with Crippen molar-refractivity contribution in [2.45, 2.75) is 46.0 Å². The number of rotatable bonds is 6. The first-order valence-electron chi connectivity index (χ1n) is 6.89. The van der Waals surface area contributed by atoms with Gasteiger partial charge in [0.25, 0.3) is 0 Å². The first-order chi connectivity index (χ1) is 8.05. The second-order valence-electron chi connectivity index (χ2n) is 6.46. The summed E-state index contributed by atoms with van der Waals surface area (Å²) < 4.78 is 0. The Balaban J connectivity index is 1.69. The molecule has 2 aliphatic carbocycles. The number of hydrogen-bond acceptors (Lipinski definition) is 1. The van der Waals surface area contributed by atoms with Gasteiger partial charge in [0.15, 0.2) is 0 Å². The van der Waals surface area contributed by atoms with Gasteiger partial charge in [-0.25, -0.2) is 0 Å². The van der Waals surface area contributed by atoms with E-state index in [1.54, 1.807) is 0 Å². The topological polar surface area (TPSA) is 29.1 Å². The minimum Gasteiger partial charge on any atom is -0.355 e. The van der Waals surface area contributed by atoms with Gasteiger partial charge < -0.3 is 5.32 Å². The number of halogens is 1. The smallest absolute Gasteiger partial charge is 0.223 e. The minimum atomic E-state index is 0.175. The van der Waals surface area contributed by atoms with Crippen molar-refractivity contribution < 1.29 is 4.79 Å². The highest BCUT2D eigenvalue weighted by atomic mass is 35.5.